The van der Waals surface area contributed by atoms with E-state index in [1.54, 1.807) is 0 Å². The third-order valence-corrected chi connectivity index (χ3v) is 5.30. The van der Waals surface area contributed by atoms with Crippen LogP contribution in [0.1, 0.15) is 131 Å². The highest BCUT2D eigenvalue weighted by Gasteiger charge is 2.23. The maximum absolute atomic E-state index is 12.5. The van der Waals surface area contributed by atoms with E-state index >= 15 is 0 Å². The van der Waals surface area contributed by atoms with Crippen molar-refractivity contribution in [3.05, 3.63) is 0 Å². The molecule has 31 heavy (non-hydrogen) atoms. The van der Waals surface area contributed by atoms with E-state index in [4.69, 9.17) is 9.47 Å². The summed E-state index contributed by atoms with van der Waals surface area (Å²) in [7, 11) is 0. The van der Waals surface area contributed by atoms with Crippen LogP contribution in [-0.2, 0) is 14.3 Å². The smallest absolute Gasteiger partial charge is 0.407 e. The summed E-state index contributed by atoms with van der Waals surface area (Å²) >= 11 is 0. The van der Waals surface area contributed by atoms with Gasteiger partial charge in [0, 0.05) is 0 Å². The van der Waals surface area contributed by atoms with E-state index in [1.807, 2.05) is 20.8 Å². The fourth-order valence-corrected chi connectivity index (χ4v) is 3.35. The van der Waals surface area contributed by atoms with Crippen molar-refractivity contribution in [3.63, 3.8) is 0 Å². The minimum absolute atomic E-state index is 0.107. The Balaban J connectivity index is 4.10. The summed E-state index contributed by atoms with van der Waals surface area (Å²) in [6, 6.07) is -0.618. The molecule has 1 N–H and O–H groups in total. The Kier molecular flexibility index (Phi) is 18.6. The van der Waals surface area contributed by atoms with Crippen LogP contribution in [0.4, 0.5) is 4.79 Å². The number of carbonyl (C=O) groups excluding carboxylic acids is 2. The molecule has 0 aliphatic carbocycles. The predicted octanol–water partition coefficient (Wildman–Crippen LogP) is 7.56. The third-order valence-electron chi connectivity index (χ3n) is 5.30. The summed E-state index contributed by atoms with van der Waals surface area (Å²) in [5.41, 5.74) is -0.107. The van der Waals surface area contributed by atoms with E-state index in [-0.39, 0.29) is 11.4 Å². The van der Waals surface area contributed by atoms with Gasteiger partial charge < -0.3 is 14.8 Å². The van der Waals surface area contributed by atoms with Crippen LogP contribution >= 0.6 is 0 Å². The first-order valence-corrected chi connectivity index (χ1v) is 12.9. The lowest BCUT2D eigenvalue weighted by atomic mass is 9.99. The van der Waals surface area contributed by atoms with Crippen LogP contribution in [0.25, 0.3) is 0 Å². The molecule has 0 aliphatic heterocycles. The predicted molar refractivity (Wildman–Crippen MR) is 129 cm³/mol. The van der Waals surface area contributed by atoms with Gasteiger partial charge in [-0.25, -0.2) is 9.59 Å². The molecule has 0 rings (SSSR count). The molecule has 0 saturated heterocycles. The maximum Gasteiger partial charge on any atom is 0.407 e. The largest absolute Gasteiger partial charge is 0.464 e. The molecule has 0 aromatic carbocycles. The monoisotopic (exact) mass is 441 g/mol. The van der Waals surface area contributed by atoms with Gasteiger partial charge in [-0.1, -0.05) is 118 Å². The molecule has 0 fully saturated rings. The second-order valence-electron chi connectivity index (χ2n) is 10.0. The number of unbranched alkanes of at least 4 members (excludes halogenated alkanes) is 12. The van der Waals surface area contributed by atoms with Crippen molar-refractivity contribution in [2.75, 3.05) is 13.2 Å². The lowest BCUT2D eigenvalue weighted by Gasteiger charge is -2.21. The number of hydrogen-bond acceptors (Lipinski definition) is 4. The number of rotatable bonds is 19. The number of amides is 1. The molecule has 1 unspecified atom stereocenters. The van der Waals surface area contributed by atoms with Crippen molar-refractivity contribution in [2.45, 2.75) is 137 Å². The van der Waals surface area contributed by atoms with Gasteiger partial charge in [-0.2, -0.15) is 0 Å². The standard InChI is InChI=1S/C26H51NO4/c1-6-8-10-12-13-14-15-16-17-19-21-30-24(28)23(20-18-11-9-7-2)27-25(29)31-22-26(3,4)5/h23H,6-22H2,1-5H3,(H,27,29). The van der Waals surface area contributed by atoms with Crippen molar-refractivity contribution in [1.29, 1.82) is 0 Å². The number of ether oxygens (including phenoxy) is 2. The lowest BCUT2D eigenvalue weighted by molar-refractivity contribution is -0.146. The zero-order valence-corrected chi connectivity index (χ0v) is 21.2. The Morgan fingerprint density at radius 3 is 1.71 bits per heavy atom. The Morgan fingerprint density at radius 2 is 1.19 bits per heavy atom. The van der Waals surface area contributed by atoms with Gasteiger partial charge in [0.05, 0.1) is 13.2 Å². The van der Waals surface area contributed by atoms with Gasteiger partial charge in [0.15, 0.2) is 0 Å². The number of esters is 1. The Morgan fingerprint density at radius 1 is 0.710 bits per heavy atom. The maximum atomic E-state index is 12.5. The van der Waals surface area contributed by atoms with Gasteiger partial charge in [0.2, 0.25) is 0 Å². The highest BCUT2D eigenvalue weighted by atomic mass is 16.6. The van der Waals surface area contributed by atoms with E-state index < -0.39 is 12.1 Å². The highest BCUT2D eigenvalue weighted by molar-refractivity contribution is 5.81. The molecule has 0 saturated carbocycles. The quantitative estimate of drug-likeness (QED) is 0.166. The SMILES string of the molecule is CCCCCCCCCCCCOC(=O)C(CCCCCC)NC(=O)OCC(C)(C)C. The van der Waals surface area contributed by atoms with Crippen molar-refractivity contribution in [1.82, 2.24) is 5.32 Å². The highest BCUT2D eigenvalue weighted by Crippen LogP contribution is 2.14. The summed E-state index contributed by atoms with van der Waals surface area (Å²) in [6.07, 6.45) is 16.7. The molecule has 0 spiro atoms. The molecule has 1 amide bonds. The first-order valence-electron chi connectivity index (χ1n) is 12.9. The van der Waals surface area contributed by atoms with Crippen LogP contribution < -0.4 is 5.32 Å². The third kappa shape index (κ3) is 20.4. The molecule has 0 radical (unpaired) electrons. The average molecular weight is 442 g/mol. The molecule has 5 heteroatoms. The summed E-state index contributed by atoms with van der Waals surface area (Å²) in [5.74, 6) is -0.333. The summed E-state index contributed by atoms with van der Waals surface area (Å²) < 4.78 is 10.7. The van der Waals surface area contributed by atoms with E-state index in [0.717, 1.165) is 38.5 Å². The topological polar surface area (TPSA) is 64.6 Å². The van der Waals surface area contributed by atoms with Gasteiger partial charge in [0.1, 0.15) is 6.04 Å². The number of alkyl carbamates (subject to hydrolysis) is 1. The van der Waals surface area contributed by atoms with E-state index in [9.17, 15) is 9.59 Å². The minimum Gasteiger partial charge on any atom is -0.464 e. The molecule has 184 valence electrons. The Labute approximate surface area is 192 Å². The first kappa shape index (κ1) is 29.7. The fourth-order valence-electron chi connectivity index (χ4n) is 3.35. The fraction of sp³-hybridized carbons (Fsp3) is 0.923. The van der Waals surface area contributed by atoms with Gasteiger partial charge in [-0.05, 0) is 18.3 Å². The Hall–Kier alpha value is -1.26. The van der Waals surface area contributed by atoms with Gasteiger partial charge in [0.25, 0.3) is 0 Å². The van der Waals surface area contributed by atoms with E-state index in [2.05, 4.69) is 19.2 Å². The van der Waals surface area contributed by atoms with Crippen molar-refractivity contribution in [2.24, 2.45) is 5.41 Å². The number of nitrogens with one attached hydrogen (secondary N) is 1. The number of hydrogen-bond donors (Lipinski definition) is 1. The molecule has 1 atom stereocenters. The Bertz CT molecular complexity index is 445. The lowest BCUT2D eigenvalue weighted by Crippen LogP contribution is -2.43. The molecule has 0 heterocycles. The molecular weight excluding hydrogens is 390 g/mol. The van der Waals surface area contributed by atoms with Crippen molar-refractivity contribution < 1.29 is 19.1 Å². The summed E-state index contributed by atoms with van der Waals surface area (Å²) in [6.45, 7) is 11.2. The zero-order chi connectivity index (χ0) is 23.4. The normalized spacial score (nSPS) is 12.4. The van der Waals surface area contributed by atoms with Crippen LogP contribution in [0, 0.1) is 5.41 Å². The van der Waals surface area contributed by atoms with Crippen LogP contribution in [0.15, 0.2) is 0 Å². The molecule has 0 aromatic rings. The van der Waals surface area contributed by atoms with Crippen molar-refractivity contribution >= 4 is 12.1 Å². The van der Waals surface area contributed by atoms with Crippen LogP contribution in [-0.4, -0.2) is 31.3 Å². The van der Waals surface area contributed by atoms with Gasteiger partial charge in [-0.3, -0.25) is 0 Å². The summed E-state index contributed by atoms with van der Waals surface area (Å²) in [4.78, 5) is 24.6. The molecular formula is C26H51NO4. The molecule has 5 nitrogen and oxygen atoms in total. The van der Waals surface area contributed by atoms with Crippen LogP contribution in [0.5, 0.6) is 0 Å². The molecule has 0 aromatic heterocycles. The van der Waals surface area contributed by atoms with Crippen LogP contribution in [0.2, 0.25) is 0 Å². The van der Waals surface area contributed by atoms with Crippen molar-refractivity contribution in [3.8, 4) is 0 Å². The van der Waals surface area contributed by atoms with Gasteiger partial charge >= 0.3 is 12.1 Å². The van der Waals surface area contributed by atoms with E-state index in [0.29, 0.717) is 19.6 Å². The van der Waals surface area contributed by atoms with E-state index in [1.165, 1.54) is 51.4 Å². The van der Waals surface area contributed by atoms with Crippen LogP contribution in [0.3, 0.4) is 0 Å². The first-order chi connectivity index (χ1) is 14.8. The van der Waals surface area contributed by atoms with Gasteiger partial charge in [-0.15, -0.1) is 0 Å². The molecule has 0 bridgehead atoms. The second-order valence-corrected chi connectivity index (χ2v) is 10.0. The average Bonchev–Trinajstić information content (AvgIpc) is 2.72. The summed E-state index contributed by atoms with van der Waals surface area (Å²) in [5, 5.41) is 2.72. The minimum atomic E-state index is -0.618. The zero-order valence-electron chi connectivity index (χ0n) is 21.2. The molecule has 0 aliphatic rings. The second kappa shape index (κ2) is 19.4. The number of carbonyl (C=O) groups is 2.